The predicted octanol–water partition coefficient (Wildman–Crippen LogP) is 2.15. The van der Waals surface area contributed by atoms with Gasteiger partial charge in [0.25, 0.3) is 0 Å². The fourth-order valence-electron chi connectivity index (χ4n) is 3.17. The zero-order valence-electron chi connectivity index (χ0n) is 11.5. The molecule has 0 radical (unpaired) electrons. The van der Waals surface area contributed by atoms with E-state index in [0.717, 1.165) is 32.7 Å². The fourth-order valence-corrected chi connectivity index (χ4v) is 3.17. The van der Waals surface area contributed by atoms with E-state index in [0.29, 0.717) is 0 Å². The molecule has 1 aliphatic heterocycles. The highest BCUT2D eigenvalue weighted by Crippen LogP contribution is 2.30. The van der Waals surface area contributed by atoms with Gasteiger partial charge in [-0.15, -0.1) is 0 Å². The van der Waals surface area contributed by atoms with Gasteiger partial charge in [0, 0.05) is 24.2 Å². The Morgan fingerprint density at radius 3 is 2.53 bits per heavy atom. The van der Waals surface area contributed by atoms with Crippen LogP contribution in [-0.4, -0.2) is 42.3 Å². The van der Waals surface area contributed by atoms with Gasteiger partial charge in [-0.05, 0) is 33.1 Å². The van der Waals surface area contributed by atoms with Crippen LogP contribution in [0.1, 0.15) is 52.4 Å². The minimum absolute atomic E-state index is 0.118. The van der Waals surface area contributed by atoms with Gasteiger partial charge in [-0.1, -0.05) is 19.3 Å². The smallest absolute Gasteiger partial charge is 0.0645 e. The number of nitrogens with two attached hydrogens (primary N) is 1. The van der Waals surface area contributed by atoms with Crippen LogP contribution in [0.4, 0.5) is 0 Å². The average Bonchev–Trinajstić information content (AvgIpc) is 2.28. The second kappa shape index (κ2) is 5.25. The molecule has 1 saturated carbocycles. The molecule has 2 rings (SSSR count). The van der Waals surface area contributed by atoms with Gasteiger partial charge in [0.1, 0.15) is 0 Å². The quantitative estimate of drug-likeness (QED) is 0.821. The van der Waals surface area contributed by atoms with Crippen molar-refractivity contribution in [2.24, 2.45) is 5.73 Å². The number of nitrogens with zero attached hydrogens (tertiary/aromatic N) is 1. The Labute approximate surface area is 106 Å². The van der Waals surface area contributed by atoms with Gasteiger partial charge in [0.05, 0.1) is 13.2 Å². The lowest BCUT2D eigenvalue weighted by molar-refractivity contribution is -0.0539. The molecule has 0 aromatic rings. The number of ether oxygens (including phenoxy) is 1. The monoisotopic (exact) mass is 240 g/mol. The van der Waals surface area contributed by atoms with Gasteiger partial charge in [-0.25, -0.2) is 0 Å². The van der Waals surface area contributed by atoms with Gasteiger partial charge in [-0.3, -0.25) is 4.90 Å². The summed E-state index contributed by atoms with van der Waals surface area (Å²) in [4.78, 5) is 2.56. The van der Waals surface area contributed by atoms with E-state index in [1.165, 1.54) is 32.1 Å². The fraction of sp³-hybridized carbons (Fsp3) is 1.00. The first kappa shape index (κ1) is 13.3. The SMILES string of the molecule is CC1(C)COCCN1CCC1(N)CCCCC1. The Kier molecular flexibility index (Phi) is 4.11. The van der Waals surface area contributed by atoms with Crippen LogP contribution in [0.25, 0.3) is 0 Å². The topological polar surface area (TPSA) is 38.5 Å². The molecule has 0 unspecified atom stereocenters. The van der Waals surface area contributed by atoms with E-state index in [2.05, 4.69) is 18.7 Å². The number of rotatable bonds is 3. The third-order valence-corrected chi connectivity index (χ3v) is 4.55. The van der Waals surface area contributed by atoms with E-state index < -0.39 is 0 Å². The highest BCUT2D eigenvalue weighted by atomic mass is 16.5. The van der Waals surface area contributed by atoms with Crippen molar-refractivity contribution in [1.29, 1.82) is 0 Å². The lowest BCUT2D eigenvalue weighted by Gasteiger charge is -2.44. The number of hydrogen-bond acceptors (Lipinski definition) is 3. The first-order valence-corrected chi connectivity index (χ1v) is 7.14. The Bertz CT molecular complexity index is 247. The normalized spacial score (nSPS) is 29.1. The second-order valence-corrected chi connectivity index (χ2v) is 6.53. The van der Waals surface area contributed by atoms with Gasteiger partial charge in [0.15, 0.2) is 0 Å². The Hall–Kier alpha value is -0.120. The molecule has 1 heterocycles. The van der Waals surface area contributed by atoms with Crippen molar-refractivity contribution in [3.05, 3.63) is 0 Å². The summed E-state index contributed by atoms with van der Waals surface area (Å²) in [5, 5.41) is 0. The van der Waals surface area contributed by atoms with Crippen molar-refractivity contribution in [2.75, 3.05) is 26.3 Å². The molecule has 0 atom stereocenters. The summed E-state index contributed by atoms with van der Waals surface area (Å²) in [5.74, 6) is 0. The minimum atomic E-state index is 0.118. The molecule has 3 heteroatoms. The molecule has 3 nitrogen and oxygen atoms in total. The van der Waals surface area contributed by atoms with E-state index in [1.807, 2.05) is 0 Å². The predicted molar refractivity (Wildman–Crippen MR) is 71.1 cm³/mol. The molecular weight excluding hydrogens is 212 g/mol. The highest BCUT2D eigenvalue weighted by molar-refractivity contribution is 4.91. The maximum absolute atomic E-state index is 6.51. The summed E-state index contributed by atoms with van der Waals surface area (Å²) in [7, 11) is 0. The maximum atomic E-state index is 6.51. The Balaban J connectivity index is 1.84. The molecule has 2 aliphatic rings. The van der Waals surface area contributed by atoms with Gasteiger partial charge in [-0.2, -0.15) is 0 Å². The van der Waals surface area contributed by atoms with Crippen LogP contribution >= 0.6 is 0 Å². The van der Waals surface area contributed by atoms with Crippen molar-refractivity contribution in [1.82, 2.24) is 4.90 Å². The third-order valence-electron chi connectivity index (χ3n) is 4.55. The Morgan fingerprint density at radius 2 is 1.88 bits per heavy atom. The van der Waals surface area contributed by atoms with Gasteiger partial charge < -0.3 is 10.5 Å². The lowest BCUT2D eigenvalue weighted by Crippen LogP contribution is -2.55. The zero-order valence-corrected chi connectivity index (χ0v) is 11.5. The lowest BCUT2D eigenvalue weighted by atomic mass is 9.80. The molecule has 1 saturated heterocycles. The molecule has 0 aromatic carbocycles. The van der Waals surface area contributed by atoms with Crippen LogP contribution in [0.5, 0.6) is 0 Å². The van der Waals surface area contributed by atoms with E-state index in [4.69, 9.17) is 10.5 Å². The maximum Gasteiger partial charge on any atom is 0.0645 e. The summed E-state index contributed by atoms with van der Waals surface area (Å²) in [5.41, 5.74) is 6.81. The van der Waals surface area contributed by atoms with Crippen molar-refractivity contribution >= 4 is 0 Å². The molecule has 100 valence electrons. The minimum Gasteiger partial charge on any atom is -0.378 e. The van der Waals surface area contributed by atoms with Crippen molar-refractivity contribution in [3.63, 3.8) is 0 Å². The van der Waals surface area contributed by atoms with Crippen LogP contribution < -0.4 is 5.73 Å². The molecule has 0 spiro atoms. The summed E-state index contributed by atoms with van der Waals surface area (Å²) < 4.78 is 5.56. The first-order chi connectivity index (χ1) is 8.02. The number of hydrogen-bond donors (Lipinski definition) is 1. The highest BCUT2D eigenvalue weighted by Gasteiger charge is 2.33. The molecule has 17 heavy (non-hydrogen) atoms. The van der Waals surface area contributed by atoms with Gasteiger partial charge >= 0.3 is 0 Å². The summed E-state index contributed by atoms with van der Waals surface area (Å²) in [6, 6.07) is 0. The Morgan fingerprint density at radius 1 is 1.18 bits per heavy atom. The van der Waals surface area contributed by atoms with E-state index in [-0.39, 0.29) is 11.1 Å². The third kappa shape index (κ3) is 3.43. The van der Waals surface area contributed by atoms with Crippen molar-refractivity contribution in [3.8, 4) is 0 Å². The second-order valence-electron chi connectivity index (χ2n) is 6.53. The van der Waals surface area contributed by atoms with Crippen molar-refractivity contribution < 1.29 is 4.74 Å². The largest absolute Gasteiger partial charge is 0.378 e. The first-order valence-electron chi connectivity index (χ1n) is 7.14. The molecule has 0 amide bonds. The molecule has 0 bridgehead atoms. The van der Waals surface area contributed by atoms with Gasteiger partial charge in [0.2, 0.25) is 0 Å². The molecule has 2 N–H and O–H groups in total. The van der Waals surface area contributed by atoms with E-state index >= 15 is 0 Å². The average molecular weight is 240 g/mol. The standard InChI is InChI=1S/C14H28N2O/c1-13(2)12-17-11-10-16(13)9-8-14(15)6-4-3-5-7-14/h3-12,15H2,1-2H3. The molecule has 2 fully saturated rings. The van der Waals surface area contributed by atoms with Crippen LogP contribution in [0.2, 0.25) is 0 Å². The summed E-state index contributed by atoms with van der Waals surface area (Å²) in [6.45, 7) is 8.47. The van der Waals surface area contributed by atoms with Crippen LogP contribution in [-0.2, 0) is 4.74 Å². The summed E-state index contributed by atoms with van der Waals surface area (Å²) >= 11 is 0. The van der Waals surface area contributed by atoms with Crippen LogP contribution in [0.3, 0.4) is 0 Å². The molecule has 1 aliphatic carbocycles. The molecule has 0 aromatic heterocycles. The summed E-state index contributed by atoms with van der Waals surface area (Å²) in [6.07, 6.45) is 7.61. The number of morpholine rings is 1. The van der Waals surface area contributed by atoms with E-state index in [1.54, 1.807) is 0 Å². The van der Waals surface area contributed by atoms with Crippen LogP contribution in [0.15, 0.2) is 0 Å². The van der Waals surface area contributed by atoms with E-state index in [9.17, 15) is 0 Å². The zero-order chi connectivity index (χ0) is 12.4. The van der Waals surface area contributed by atoms with Crippen LogP contribution in [0, 0.1) is 0 Å². The van der Waals surface area contributed by atoms with Crippen molar-refractivity contribution in [2.45, 2.75) is 63.5 Å². The molecular formula is C14H28N2O.